The Kier molecular flexibility index (Phi) is 6.35. The maximum Gasteiger partial charge on any atom is 0.338 e. The van der Waals surface area contributed by atoms with Gasteiger partial charge in [-0.2, -0.15) is 0 Å². The Bertz CT molecular complexity index is 795. The van der Waals surface area contributed by atoms with Crippen LogP contribution in [-0.2, 0) is 9.53 Å². The molecule has 0 aliphatic carbocycles. The number of hydrogen-bond acceptors (Lipinski definition) is 3. The molecule has 1 amide bonds. The zero-order valence-corrected chi connectivity index (χ0v) is 15.3. The van der Waals surface area contributed by atoms with Gasteiger partial charge in [-0.25, -0.2) is 4.79 Å². The summed E-state index contributed by atoms with van der Waals surface area (Å²) in [5.41, 5.74) is 0.511. The van der Waals surface area contributed by atoms with Crippen molar-refractivity contribution >= 4 is 64.0 Å². The van der Waals surface area contributed by atoms with Crippen LogP contribution in [0.3, 0.4) is 0 Å². The maximum absolute atomic E-state index is 12.1. The number of anilines is 1. The molecule has 0 aromatic heterocycles. The summed E-state index contributed by atoms with van der Waals surface area (Å²) in [5, 5.41) is 3.81. The van der Waals surface area contributed by atoms with E-state index < -0.39 is 18.0 Å². The number of amides is 1. The van der Waals surface area contributed by atoms with Crippen molar-refractivity contribution in [3.05, 3.63) is 62.1 Å². The van der Waals surface area contributed by atoms with Crippen LogP contribution in [0.15, 0.2) is 36.4 Å². The van der Waals surface area contributed by atoms with Gasteiger partial charge < -0.3 is 10.1 Å². The molecule has 0 aliphatic heterocycles. The van der Waals surface area contributed by atoms with Crippen LogP contribution >= 0.6 is 46.4 Å². The molecule has 0 saturated heterocycles. The first kappa shape index (κ1) is 18.9. The van der Waals surface area contributed by atoms with E-state index in [-0.39, 0.29) is 10.6 Å². The van der Waals surface area contributed by atoms with Gasteiger partial charge in [0.25, 0.3) is 5.91 Å². The summed E-state index contributed by atoms with van der Waals surface area (Å²) in [4.78, 5) is 24.2. The molecular formula is C16H11Cl4NO3. The standard InChI is InChI=1S/C16H11Cl4NO3/c1-8(15(22)21-14-7-10(17)3-5-12(14)19)24-16(23)9-2-4-11(18)13(20)6-9/h2-8H,1H3,(H,21,22)/t8-/m1/s1. The van der Waals surface area contributed by atoms with Gasteiger partial charge in [-0.15, -0.1) is 0 Å². The van der Waals surface area contributed by atoms with Crippen molar-refractivity contribution in [1.29, 1.82) is 0 Å². The molecule has 1 atom stereocenters. The Morgan fingerprint density at radius 3 is 2.29 bits per heavy atom. The van der Waals surface area contributed by atoms with E-state index in [0.29, 0.717) is 20.8 Å². The number of rotatable bonds is 4. The number of carbonyl (C=O) groups is 2. The highest BCUT2D eigenvalue weighted by molar-refractivity contribution is 6.42. The lowest BCUT2D eigenvalue weighted by Gasteiger charge is -2.14. The summed E-state index contributed by atoms with van der Waals surface area (Å²) in [7, 11) is 0. The molecule has 0 bridgehead atoms. The molecule has 0 saturated carbocycles. The Hall–Kier alpha value is -1.46. The molecule has 24 heavy (non-hydrogen) atoms. The number of esters is 1. The molecule has 1 N–H and O–H groups in total. The zero-order chi connectivity index (χ0) is 17.9. The van der Waals surface area contributed by atoms with E-state index in [9.17, 15) is 9.59 Å². The molecule has 126 valence electrons. The lowest BCUT2D eigenvalue weighted by molar-refractivity contribution is -0.123. The molecular weight excluding hydrogens is 396 g/mol. The van der Waals surface area contributed by atoms with Crippen molar-refractivity contribution in [3.63, 3.8) is 0 Å². The largest absolute Gasteiger partial charge is 0.449 e. The van der Waals surface area contributed by atoms with Crippen LogP contribution in [0.25, 0.3) is 0 Å². The molecule has 2 rings (SSSR count). The molecule has 2 aromatic carbocycles. The van der Waals surface area contributed by atoms with Gasteiger partial charge in [0.1, 0.15) is 0 Å². The first-order valence-electron chi connectivity index (χ1n) is 6.70. The highest BCUT2D eigenvalue weighted by Gasteiger charge is 2.20. The van der Waals surface area contributed by atoms with E-state index in [1.807, 2.05) is 0 Å². The molecule has 4 nitrogen and oxygen atoms in total. The summed E-state index contributed by atoms with van der Waals surface area (Å²) in [6.07, 6.45) is -1.05. The van der Waals surface area contributed by atoms with E-state index in [1.165, 1.54) is 31.2 Å². The van der Waals surface area contributed by atoms with E-state index >= 15 is 0 Å². The number of halogens is 4. The van der Waals surface area contributed by atoms with Crippen LogP contribution < -0.4 is 5.32 Å². The van der Waals surface area contributed by atoms with Gasteiger partial charge in [-0.05, 0) is 43.3 Å². The molecule has 0 aliphatic rings. The van der Waals surface area contributed by atoms with Gasteiger partial charge in [0, 0.05) is 5.02 Å². The SMILES string of the molecule is C[C@@H](OC(=O)c1ccc(Cl)c(Cl)c1)C(=O)Nc1cc(Cl)ccc1Cl. The van der Waals surface area contributed by atoms with Gasteiger partial charge >= 0.3 is 5.97 Å². The summed E-state index contributed by atoms with van der Waals surface area (Å²) in [6.45, 7) is 1.43. The average Bonchev–Trinajstić information content (AvgIpc) is 2.53. The summed E-state index contributed by atoms with van der Waals surface area (Å²) < 4.78 is 5.11. The number of benzene rings is 2. The third-order valence-electron chi connectivity index (χ3n) is 2.99. The third-order valence-corrected chi connectivity index (χ3v) is 4.30. The van der Waals surface area contributed by atoms with Crippen molar-refractivity contribution in [1.82, 2.24) is 0 Å². The first-order chi connectivity index (χ1) is 11.3. The van der Waals surface area contributed by atoms with Gasteiger partial charge in [0.15, 0.2) is 6.10 Å². The fourth-order valence-electron chi connectivity index (χ4n) is 1.73. The highest BCUT2D eigenvalue weighted by Crippen LogP contribution is 2.26. The van der Waals surface area contributed by atoms with Crippen molar-refractivity contribution in [2.24, 2.45) is 0 Å². The van der Waals surface area contributed by atoms with Gasteiger partial charge in [-0.1, -0.05) is 46.4 Å². The van der Waals surface area contributed by atoms with Crippen LogP contribution in [0.5, 0.6) is 0 Å². The predicted molar refractivity (Wildman–Crippen MR) is 96.4 cm³/mol. The Labute approximate surface area is 158 Å². The van der Waals surface area contributed by atoms with Crippen molar-refractivity contribution in [2.75, 3.05) is 5.32 Å². The van der Waals surface area contributed by atoms with E-state index in [4.69, 9.17) is 51.1 Å². The zero-order valence-electron chi connectivity index (χ0n) is 12.3. The van der Waals surface area contributed by atoms with Crippen molar-refractivity contribution < 1.29 is 14.3 Å². The fraction of sp³-hybridized carbons (Fsp3) is 0.125. The maximum atomic E-state index is 12.1. The second kappa shape index (κ2) is 8.08. The van der Waals surface area contributed by atoms with Gasteiger partial charge in [0.2, 0.25) is 0 Å². The Morgan fingerprint density at radius 1 is 0.958 bits per heavy atom. The molecule has 8 heteroatoms. The van der Waals surface area contributed by atoms with E-state index in [1.54, 1.807) is 12.1 Å². The minimum Gasteiger partial charge on any atom is -0.449 e. The molecule has 0 heterocycles. The predicted octanol–water partition coefficient (Wildman–Crippen LogP) is 5.48. The molecule has 0 fully saturated rings. The highest BCUT2D eigenvalue weighted by atomic mass is 35.5. The average molecular weight is 407 g/mol. The smallest absolute Gasteiger partial charge is 0.338 e. The minimum atomic E-state index is -1.05. The summed E-state index contributed by atoms with van der Waals surface area (Å²) in [6, 6.07) is 8.92. The van der Waals surface area contributed by atoms with Crippen molar-refractivity contribution in [3.8, 4) is 0 Å². The Morgan fingerprint density at radius 2 is 1.62 bits per heavy atom. The summed E-state index contributed by atoms with van der Waals surface area (Å²) >= 11 is 23.5. The van der Waals surface area contributed by atoms with Crippen LogP contribution in [0.1, 0.15) is 17.3 Å². The molecule has 0 radical (unpaired) electrons. The van der Waals surface area contributed by atoms with Crippen LogP contribution in [0, 0.1) is 0 Å². The quantitative estimate of drug-likeness (QED) is 0.683. The first-order valence-corrected chi connectivity index (χ1v) is 8.21. The summed E-state index contributed by atoms with van der Waals surface area (Å²) in [5.74, 6) is -1.25. The topological polar surface area (TPSA) is 55.4 Å². The monoisotopic (exact) mass is 405 g/mol. The normalized spacial score (nSPS) is 11.7. The van der Waals surface area contributed by atoms with Crippen molar-refractivity contribution in [2.45, 2.75) is 13.0 Å². The second-order valence-electron chi connectivity index (χ2n) is 4.79. The third kappa shape index (κ3) is 4.77. The lowest BCUT2D eigenvalue weighted by atomic mass is 10.2. The molecule has 0 unspecified atom stereocenters. The number of carbonyl (C=O) groups excluding carboxylic acids is 2. The molecule has 2 aromatic rings. The Balaban J connectivity index is 2.04. The lowest BCUT2D eigenvalue weighted by Crippen LogP contribution is -2.30. The van der Waals surface area contributed by atoms with Gasteiger partial charge in [0.05, 0.1) is 26.3 Å². The van der Waals surface area contributed by atoms with Gasteiger partial charge in [-0.3, -0.25) is 4.79 Å². The fourth-order valence-corrected chi connectivity index (χ4v) is 2.37. The number of ether oxygens (including phenoxy) is 1. The molecule has 0 spiro atoms. The minimum absolute atomic E-state index is 0.185. The van der Waals surface area contributed by atoms with E-state index in [2.05, 4.69) is 5.32 Å². The van der Waals surface area contributed by atoms with Crippen LogP contribution in [-0.4, -0.2) is 18.0 Å². The number of hydrogen-bond donors (Lipinski definition) is 1. The van der Waals surface area contributed by atoms with E-state index in [0.717, 1.165) is 0 Å². The number of nitrogens with one attached hydrogen (secondary N) is 1. The second-order valence-corrected chi connectivity index (χ2v) is 6.45. The van der Waals surface area contributed by atoms with Crippen LogP contribution in [0.4, 0.5) is 5.69 Å². The van der Waals surface area contributed by atoms with Crippen LogP contribution in [0.2, 0.25) is 20.1 Å².